The van der Waals surface area contributed by atoms with E-state index in [1.807, 2.05) is 17.6 Å². The fourth-order valence-corrected chi connectivity index (χ4v) is 1.95. The highest BCUT2D eigenvalue weighted by atomic mass is 16.5. The normalized spacial score (nSPS) is 10.8. The molecule has 0 atom stereocenters. The molecule has 0 unspecified atom stereocenters. The van der Waals surface area contributed by atoms with Crippen LogP contribution in [-0.2, 0) is 6.54 Å². The molecule has 0 saturated heterocycles. The third kappa shape index (κ3) is 2.20. The third-order valence-electron chi connectivity index (χ3n) is 2.85. The first-order valence-electron chi connectivity index (χ1n) is 5.86. The zero-order chi connectivity index (χ0) is 13.2. The average molecular weight is 255 g/mol. The molecule has 0 aromatic carbocycles. The van der Waals surface area contributed by atoms with Crippen LogP contribution in [0.4, 0.5) is 5.69 Å². The lowest BCUT2D eigenvalue weighted by molar-refractivity contribution is 0.373. The van der Waals surface area contributed by atoms with Crippen molar-refractivity contribution in [2.24, 2.45) is 0 Å². The van der Waals surface area contributed by atoms with Crippen LogP contribution in [0.2, 0.25) is 0 Å². The highest BCUT2D eigenvalue weighted by Gasteiger charge is 2.10. The topological polar surface area (TPSA) is 82.8 Å². The number of aromatic nitrogens is 4. The maximum atomic E-state index is 5.96. The predicted octanol–water partition coefficient (Wildman–Crippen LogP) is 1.87. The molecule has 3 rings (SSSR count). The van der Waals surface area contributed by atoms with Crippen molar-refractivity contribution in [3.8, 4) is 11.3 Å². The average Bonchev–Trinajstić information content (AvgIpc) is 3.00. The zero-order valence-electron chi connectivity index (χ0n) is 10.4. The van der Waals surface area contributed by atoms with E-state index in [1.165, 1.54) is 0 Å². The van der Waals surface area contributed by atoms with Crippen molar-refractivity contribution in [3.05, 3.63) is 48.5 Å². The van der Waals surface area contributed by atoms with Crippen molar-refractivity contribution >= 4 is 5.69 Å². The lowest BCUT2D eigenvalue weighted by Gasteiger charge is -2.07. The van der Waals surface area contributed by atoms with E-state index in [1.54, 1.807) is 31.0 Å². The van der Waals surface area contributed by atoms with Gasteiger partial charge in [0, 0.05) is 29.7 Å². The van der Waals surface area contributed by atoms with Gasteiger partial charge in [-0.2, -0.15) is 0 Å². The second-order valence-electron chi connectivity index (χ2n) is 4.30. The number of hydrogen-bond acceptors (Lipinski definition) is 5. The van der Waals surface area contributed by atoms with E-state index < -0.39 is 0 Å². The van der Waals surface area contributed by atoms with Crippen molar-refractivity contribution in [2.75, 3.05) is 5.73 Å². The molecule has 3 heterocycles. The molecular formula is C13H13N5O. The maximum Gasteiger partial charge on any atom is 0.156 e. The molecule has 0 aliphatic heterocycles. The van der Waals surface area contributed by atoms with E-state index in [0.717, 1.165) is 22.7 Å². The largest absolute Gasteiger partial charge is 0.398 e. The Bertz CT molecular complexity index is 700. The van der Waals surface area contributed by atoms with Crippen LogP contribution in [0.5, 0.6) is 0 Å². The van der Waals surface area contributed by atoms with E-state index >= 15 is 0 Å². The number of aryl methyl sites for hydroxylation is 1. The number of nitrogens with zero attached hydrogens (tertiary/aromatic N) is 4. The Kier molecular flexibility index (Phi) is 2.75. The number of nitrogen functional groups attached to an aromatic ring is 1. The SMILES string of the molecule is Cc1cc(Cn2cncc2-c2cnccc2N)on1. The Balaban J connectivity index is 1.97. The highest BCUT2D eigenvalue weighted by Crippen LogP contribution is 2.24. The number of anilines is 1. The first kappa shape index (κ1) is 11.5. The zero-order valence-corrected chi connectivity index (χ0v) is 10.4. The van der Waals surface area contributed by atoms with Gasteiger partial charge < -0.3 is 14.8 Å². The molecule has 0 saturated carbocycles. The van der Waals surface area contributed by atoms with Gasteiger partial charge in [-0.25, -0.2) is 4.98 Å². The van der Waals surface area contributed by atoms with E-state index in [4.69, 9.17) is 10.3 Å². The van der Waals surface area contributed by atoms with Crippen LogP contribution < -0.4 is 5.73 Å². The summed E-state index contributed by atoms with van der Waals surface area (Å²) in [4.78, 5) is 8.26. The summed E-state index contributed by atoms with van der Waals surface area (Å²) in [6.45, 7) is 2.45. The van der Waals surface area contributed by atoms with Gasteiger partial charge in [-0.15, -0.1) is 0 Å². The summed E-state index contributed by atoms with van der Waals surface area (Å²) in [5.74, 6) is 0.777. The van der Waals surface area contributed by atoms with Crippen LogP contribution >= 0.6 is 0 Å². The van der Waals surface area contributed by atoms with Gasteiger partial charge in [0.15, 0.2) is 5.76 Å². The summed E-state index contributed by atoms with van der Waals surface area (Å²) < 4.78 is 7.16. The number of hydrogen-bond donors (Lipinski definition) is 1. The van der Waals surface area contributed by atoms with Crippen molar-refractivity contribution in [2.45, 2.75) is 13.5 Å². The van der Waals surface area contributed by atoms with Crippen molar-refractivity contribution < 1.29 is 4.52 Å². The van der Waals surface area contributed by atoms with Gasteiger partial charge in [-0.3, -0.25) is 4.98 Å². The number of pyridine rings is 1. The number of imidazole rings is 1. The van der Waals surface area contributed by atoms with Gasteiger partial charge in [0.2, 0.25) is 0 Å². The highest BCUT2D eigenvalue weighted by molar-refractivity contribution is 5.72. The smallest absolute Gasteiger partial charge is 0.156 e. The van der Waals surface area contributed by atoms with E-state index in [9.17, 15) is 0 Å². The summed E-state index contributed by atoms with van der Waals surface area (Å²) in [7, 11) is 0. The van der Waals surface area contributed by atoms with Crippen molar-refractivity contribution in [1.82, 2.24) is 19.7 Å². The lowest BCUT2D eigenvalue weighted by atomic mass is 10.2. The van der Waals surface area contributed by atoms with Gasteiger partial charge in [-0.05, 0) is 13.0 Å². The Morgan fingerprint density at radius 1 is 1.32 bits per heavy atom. The molecule has 3 aromatic rings. The first-order chi connectivity index (χ1) is 9.24. The molecule has 0 bridgehead atoms. The summed E-state index contributed by atoms with van der Waals surface area (Å²) >= 11 is 0. The fraction of sp³-hybridized carbons (Fsp3) is 0.154. The van der Waals surface area contributed by atoms with Gasteiger partial charge >= 0.3 is 0 Å². The summed E-state index contributed by atoms with van der Waals surface area (Å²) in [5, 5.41) is 3.87. The molecule has 0 radical (unpaired) electrons. The molecule has 6 nitrogen and oxygen atoms in total. The Morgan fingerprint density at radius 3 is 2.95 bits per heavy atom. The minimum atomic E-state index is 0.560. The monoisotopic (exact) mass is 255 g/mol. The molecule has 96 valence electrons. The summed E-state index contributed by atoms with van der Waals surface area (Å²) in [5.41, 5.74) is 9.25. The van der Waals surface area contributed by atoms with E-state index in [2.05, 4.69) is 15.1 Å². The Hall–Kier alpha value is -2.63. The molecule has 0 aliphatic rings. The Labute approximate surface area is 109 Å². The number of rotatable bonds is 3. The van der Waals surface area contributed by atoms with Crippen LogP contribution in [-0.4, -0.2) is 19.7 Å². The number of nitrogens with two attached hydrogens (primary N) is 1. The van der Waals surface area contributed by atoms with Crippen LogP contribution in [0.25, 0.3) is 11.3 Å². The van der Waals surface area contributed by atoms with Crippen LogP contribution in [0, 0.1) is 6.92 Å². The quantitative estimate of drug-likeness (QED) is 0.772. The molecule has 0 amide bonds. The fourth-order valence-electron chi connectivity index (χ4n) is 1.95. The summed E-state index contributed by atoms with van der Waals surface area (Å²) in [6.07, 6.45) is 6.89. The van der Waals surface area contributed by atoms with Crippen molar-refractivity contribution in [3.63, 3.8) is 0 Å². The van der Waals surface area contributed by atoms with Gasteiger partial charge in [-0.1, -0.05) is 5.16 Å². The minimum absolute atomic E-state index is 0.560. The second-order valence-corrected chi connectivity index (χ2v) is 4.30. The van der Waals surface area contributed by atoms with Crippen LogP contribution in [0.15, 0.2) is 41.6 Å². The molecule has 0 aliphatic carbocycles. The van der Waals surface area contributed by atoms with E-state index in [0.29, 0.717) is 12.2 Å². The Morgan fingerprint density at radius 2 is 2.21 bits per heavy atom. The minimum Gasteiger partial charge on any atom is -0.398 e. The third-order valence-corrected chi connectivity index (χ3v) is 2.85. The molecule has 19 heavy (non-hydrogen) atoms. The molecule has 0 fully saturated rings. The van der Waals surface area contributed by atoms with Gasteiger partial charge in [0.1, 0.15) is 0 Å². The maximum absolute atomic E-state index is 5.96. The molecule has 2 N–H and O–H groups in total. The van der Waals surface area contributed by atoms with Crippen LogP contribution in [0.1, 0.15) is 11.5 Å². The summed E-state index contributed by atoms with van der Waals surface area (Å²) in [6, 6.07) is 3.67. The molecule has 3 aromatic heterocycles. The predicted molar refractivity (Wildman–Crippen MR) is 70.2 cm³/mol. The standard InChI is InChI=1S/C13H13N5O/c1-9-4-10(19-17-9)7-18-8-16-6-13(18)11-5-15-3-2-12(11)14/h2-6,8H,7H2,1H3,(H2,14,15). The van der Waals surface area contributed by atoms with Crippen LogP contribution in [0.3, 0.4) is 0 Å². The van der Waals surface area contributed by atoms with Gasteiger partial charge in [0.25, 0.3) is 0 Å². The molecule has 6 heteroatoms. The first-order valence-corrected chi connectivity index (χ1v) is 5.86. The van der Waals surface area contributed by atoms with E-state index in [-0.39, 0.29) is 0 Å². The van der Waals surface area contributed by atoms with Crippen molar-refractivity contribution in [1.29, 1.82) is 0 Å². The molecular weight excluding hydrogens is 242 g/mol. The van der Waals surface area contributed by atoms with Gasteiger partial charge in [0.05, 0.1) is 30.5 Å². The lowest BCUT2D eigenvalue weighted by Crippen LogP contribution is -2.01. The molecule has 0 spiro atoms. The second kappa shape index (κ2) is 4.56.